The van der Waals surface area contributed by atoms with Gasteiger partial charge in [0.1, 0.15) is 18.8 Å². The number of aromatic nitrogens is 2. The van der Waals surface area contributed by atoms with E-state index in [0.29, 0.717) is 29.7 Å². The lowest BCUT2D eigenvalue weighted by atomic mass is 10.1. The third-order valence-corrected chi connectivity index (χ3v) is 4.77. The fraction of sp³-hybridized carbons (Fsp3) is 0.235. The van der Waals surface area contributed by atoms with Crippen LogP contribution in [-0.4, -0.2) is 28.5 Å². The van der Waals surface area contributed by atoms with Crippen molar-refractivity contribution in [1.29, 1.82) is 0 Å². The van der Waals surface area contributed by atoms with Gasteiger partial charge in [-0.3, -0.25) is 14.0 Å². The second kappa shape index (κ2) is 6.21. The molecule has 1 aromatic carbocycles. The quantitative estimate of drug-likeness (QED) is 0.775. The highest BCUT2D eigenvalue weighted by atomic mass is 32.1. The molecule has 1 aliphatic rings. The highest BCUT2D eigenvalue weighted by Gasteiger charge is 2.19. The second-order valence-corrected chi connectivity index (χ2v) is 6.50. The Labute approximate surface area is 146 Å². The highest BCUT2D eigenvalue weighted by Crippen LogP contribution is 2.32. The van der Waals surface area contributed by atoms with Crippen LogP contribution in [0.3, 0.4) is 0 Å². The van der Waals surface area contributed by atoms with E-state index in [4.69, 9.17) is 9.47 Å². The molecule has 2 aromatic heterocycles. The van der Waals surface area contributed by atoms with Crippen molar-refractivity contribution in [3.05, 3.63) is 57.5 Å². The molecule has 3 aromatic rings. The zero-order valence-electron chi connectivity index (χ0n) is 13.4. The summed E-state index contributed by atoms with van der Waals surface area (Å²) < 4.78 is 12.4. The van der Waals surface area contributed by atoms with Crippen LogP contribution >= 0.6 is 11.3 Å². The molecule has 0 aliphatic carbocycles. The lowest BCUT2D eigenvalue weighted by Gasteiger charge is -2.21. The summed E-state index contributed by atoms with van der Waals surface area (Å²) in [4.78, 5) is 29.6. The van der Waals surface area contributed by atoms with Crippen LogP contribution in [0.25, 0.3) is 4.96 Å². The normalized spacial score (nSPS) is 14.3. The van der Waals surface area contributed by atoms with Crippen molar-refractivity contribution in [3.8, 4) is 11.5 Å². The Hall–Kier alpha value is -2.87. The highest BCUT2D eigenvalue weighted by molar-refractivity contribution is 7.15. The van der Waals surface area contributed by atoms with Gasteiger partial charge < -0.3 is 14.8 Å². The van der Waals surface area contributed by atoms with E-state index in [-0.39, 0.29) is 17.2 Å². The number of nitrogens with one attached hydrogen (secondary N) is 1. The van der Waals surface area contributed by atoms with Crippen molar-refractivity contribution in [3.63, 3.8) is 0 Å². The number of rotatable bonds is 3. The third kappa shape index (κ3) is 2.85. The number of hydrogen-bond acceptors (Lipinski definition) is 6. The number of nitrogens with zero attached hydrogens (tertiary/aromatic N) is 2. The van der Waals surface area contributed by atoms with E-state index in [1.165, 1.54) is 21.9 Å². The van der Waals surface area contributed by atoms with Crippen molar-refractivity contribution in [2.45, 2.75) is 13.0 Å². The molecular weight excluding hydrogens is 342 g/mol. The summed E-state index contributed by atoms with van der Waals surface area (Å²) in [6, 6.07) is 5.23. The predicted octanol–water partition coefficient (Wildman–Crippen LogP) is 2.02. The minimum atomic E-state index is -0.458. The van der Waals surface area contributed by atoms with Gasteiger partial charge in [-0.15, -0.1) is 11.3 Å². The van der Waals surface area contributed by atoms with Gasteiger partial charge in [-0.1, -0.05) is 6.07 Å². The molecule has 25 heavy (non-hydrogen) atoms. The number of benzene rings is 1. The van der Waals surface area contributed by atoms with E-state index in [0.717, 1.165) is 5.56 Å². The first-order chi connectivity index (χ1) is 12.1. The van der Waals surface area contributed by atoms with Crippen LogP contribution in [-0.2, 0) is 0 Å². The van der Waals surface area contributed by atoms with Gasteiger partial charge in [0, 0.05) is 17.8 Å². The fourth-order valence-corrected chi connectivity index (χ4v) is 3.34. The molecule has 0 fully saturated rings. The molecule has 1 aliphatic heterocycles. The third-order valence-electron chi connectivity index (χ3n) is 4.00. The van der Waals surface area contributed by atoms with Crippen molar-refractivity contribution < 1.29 is 14.3 Å². The molecule has 0 saturated heterocycles. The van der Waals surface area contributed by atoms with Gasteiger partial charge in [-0.25, -0.2) is 4.98 Å². The molecule has 7 nitrogen and oxygen atoms in total. The molecule has 8 heteroatoms. The monoisotopic (exact) mass is 357 g/mol. The Morgan fingerprint density at radius 1 is 1.32 bits per heavy atom. The summed E-state index contributed by atoms with van der Waals surface area (Å²) in [5.74, 6) is 0.894. The molecule has 1 amide bonds. The average molecular weight is 357 g/mol. The number of carbonyl (C=O) groups is 1. The Morgan fingerprint density at radius 3 is 2.96 bits per heavy atom. The summed E-state index contributed by atoms with van der Waals surface area (Å²) in [6.07, 6.45) is 2.93. The largest absolute Gasteiger partial charge is 0.486 e. The van der Waals surface area contributed by atoms with E-state index in [2.05, 4.69) is 10.3 Å². The molecule has 1 N–H and O–H groups in total. The van der Waals surface area contributed by atoms with Crippen molar-refractivity contribution >= 4 is 22.2 Å². The summed E-state index contributed by atoms with van der Waals surface area (Å²) in [7, 11) is 0. The molecule has 0 spiro atoms. The van der Waals surface area contributed by atoms with Crippen LogP contribution in [0, 0.1) is 0 Å². The van der Waals surface area contributed by atoms with Crippen LogP contribution < -0.4 is 20.3 Å². The van der Waals surface area contributed by atoms with Gasteiger partial charge in [0.25, 0.3) is 11.5 Å². The van der Waals surface area contributed by atoms with Gasteiger partial charge >= 0.3 is 0 Å². The summed E-state index contributed by atoms with van der Waals surface area (Å²) in [6.45, 7) is 2.87. The number of carbonyl (C=O) groups excluding carboxylic acids is 1. The van der Waals surface area contributed by atoms with Crippen LogP contribution in [0.2, 0.25) is 0 Å². The number of amides is 1. The van der Waals surface area contributed by atoms with Crippen molar-refractivity contribution in [1.82, 2.24) is 14.7 Å². The van der Waals surface area contributed by atoms with E-state index in [9.17, 15) is 9.59 Å². The molecule has 3 heterocycles. The number of hydrogen-bond donors (Lipinski definition) is 1. The van der Waals surface area contributed by atoms with Gasteiger partial charge in [0.15, 0.2) is 16.5 Å². The maximum Gasteiger partial charge on any atom is 0.271 e. The Balaban J connectivity index is 1.57. The van der Waals surface area contributed by atoms with Gasteiger partial charge in [0.05, 0.1) is 6.04 Å². The van der Waals surface area contributed by atoms with Crippen LogP contribution in [0.1, 0.15) is 28.9 Å². The first-order valence-electron chi connectivity index (χ1n) is 7.79. The molecule has 0 unspecified atom stereocenters. The fourth-order valence-electron chi connectivity index (χ4n) is 2.67. The maximum atomic E-state index is 12.5. The molecule has 128 valence electrons. The summed E-state index contributed by atoms with van der Waals surface area (Å²) in [5, 5.41) is 4.58. The Morgan fingerprint density at radius 2 is 2.12 bits per heavy atom. The van der Waals surface area contributed by atoms with E-state index in [1.807, 2.05) is 25.1 Å². The maximum absolute atomic E-state index is 12.5. The van der Waals surface area contributed by atoms with Crippen LogP contribution in [0.4, 0.5) is 0 Å². The van der Waals surface area contributed by atoms with Crippen LogP contribution in [0.5, 0.6) is 11.5 Å². The summed E-state index contributed by atoms with van der Waals surface area (Å²) in [5.41, 5.74) is 0.501. The van der Waals surface area contributed by atoms with Crippen molar-refractivity contribution in [2.75, 3.05) is 13.2 Å². The predicted molar refractivity (Wildman–Crippen MR) is 92.7 cm³/mol. The number of thiazole rings is 1. The first-order valence-corrected chi connectivity index (χ1v) is 8.67. The molecule has 4 rings (SSSR count). The standard InChI is InChI=1S/C17H15N3O4S/c1-10(11-2-3-13-14(8-11)24-6-5-23-13)19-15(21)12-9-18-17-20(16(12)22)4-7-25-17/h2-4,7-10H,5-6H2,1H3,(H,19,21)/t10-/m0/s1. The zero-order valence-corrected chi connectivity index (χ0v) is 14.2. The number of ether oxygens (including phenoxy) is 2. The minimum absolute atomic E-state index is 0.0142. The van der Waals surface area contributed by atoms with Gasteiger partial charge in [-0.05, 0) is 24.6 Å². The molecule has 1 atom stereocenters. The minimum Gasteiger partial charge on any atom is -0.486 e. The topological polar surface area (TPSA) is 81.9 Å². The van der Waals surface area contributed by atoms with Gasteiger partial charge in [-0.2, -0.15) is 0 Å². The molecule has 0 saturated carbocycles. The van der Waals surface area contributed by atoms with E-state index in [1.54, 1.807) is 11.6 Å². The Kier molecular flexibility index (Phi) is 3.89. The zero-order chi connectivity index (χ0) is 17.4. The lowest BCUT2D eigenvalue weighted by Crippen LogP contribution is -2.32. The number of fused-ring (bicyclic) bond motifs is 2. The smallest absolute Gasteiger partial charge is 0.271 e. The van der Waals surface area contributed by atoms with E-state index >= 15 is 0 Å². The molecule has 0 bridgehead atoms. The van der Waals surface area contributed by atoms with Crippen molar-refractivity contribution in [2.24, 2.45) is 0 Å². The summed E-state index contributed by atoms with van der Waals surface area (Å²) >= 11 is 1.34. The SMILES string of the molecule is C[C@H](NC(=O)c1cnc2sccn2c1=O)c1ccc2c(c1)OCCO2. The second-order valence-electron chi connectivity index (χ2n) is 5.63. The van der Waals surface area contributed by atoms with Crippen LogP contribution in [0.15, 0.2) is 40.8 Å². The first kappa shape index (κ1) is 15.6. The lowest BCUT2D eigenvalue weighted by molar-refractivity contribution is 0.0937. The average Bonchev–Trinajstić information content (AvgIpc) is 3.11. The van der Waals surface area contributed by atoms with E-state index < -0.39 is 5.91 Å². The molecular formula is C17H15N3O4S. The molecule has 0 radical (unpaired) electrons. The van der Waals surface area contributed by atoms with Gasteiger partial charge in [0.2, 0.25) is 0 Å². The Bertz CT molecular complexity index is 1010.